The number of hydrogen-bond donors (Lipinski definition) is 12. The number of hydrogen-bond acceptors (Lipinski definition) is 16. The maximum atomic E-state index is 14.1. The van der Waals surface area contributed by atoms with Crippen molar-refractivity contribution in [1.29, 1.82) is 0 Å². The lowest BCUT2D eigenvalue weighted by atomic mass is 9.91. The molecule has 2 saturated heterocycles. The molecule has 0 saturated carbocycles. The molecule has 75 heavy (non-hydrogen) atoms. The number of nitrogens with two attached hydrogens (primary N) is 5. The summed E-state index contributed by atoms with van der Waals surface area (Å²) in [5.74, 6) is -1.02. The zero-order chi connectivity index (χ0) is 56.9. The number of aliphatic hydroxyl groups excluding tert-OH is 4. The summed E-state index contributed by atoms with van der Waals surface area (Å²) in [7, 11) is 0. The van der Waals surface area contributed by atoms with Gasteiger partial charge in [-0.05, 0) is 91.9 Å². The number of urea groups is 1. The molecule has 0 aliphatic carbocycles. The first-order chi connectivity index (χ1) is 35.7. The van der Waals surface area contributed by atoms with Gasteiger partial charge in [-0.3, -0.25) is 24.1 Å². The van der Waals surface area contributed by atoms with E-state index < -0.39 is 72.7 Å². The molecular weight excluding hydrogens is 963 g/mol. The first kappa shape index (κ1) is 70.0. The van der Waals surface area contributed by atoms with E-state index in [0.717, 1.165) is 29.6 Å². The second kappa shape index (κ2) is 41.2. The number of carbonyl (C=O) groups is 5. The van der Waals surface area contributed by atoms with E-state index in [2.05, 4.69) is 60.8 Å². The summed E-state index contributed by atoms with van der Waals surface area (Å²) >= 11 is 0. The maximum Gasteiger partial charge on any atom is 0.324 e. The van der Waals surface area contributed by atoms with Gasteiger partial charge >= 0.3 is 6.03 Å². The molecule has 21 heteroatoms. The molecule has 2 aliphatic rings. The van der Waals surface area contributed by atoms with Crippen molar-refractivity contribution < 1.29 is 44.4 Å². The molecule has 21 nitrogen and oxygen atoms in total. The van der Waals surface area contributed by atoms with Crippen LogP contribution in [0.5, 0.6) is 0 Å². The van der Waals surface area contributed by atoms with Crippen molar-refractivity contribution in [2.45, 2.75) is 180 Å². The van der Waals surface area contributed by atoms with Crippen molar-refractivity contribution in [2.75, 3.05) is 45.9 Å². The van der Waals surface area contributed by atoms with Crippen molar-refractivity contribution in [2.24, 2.45) is 57.5 Å². The van der Waals surface area contributed by atoms with Crippen LogP contribution in [0.15, 0.2) is 54.5 Å². The molecule has 1 aromatic carbocycles. The van der Waals surface area contributed by atoms with Crippen LogP contribution in [0.25, 0.3) is 0 Å². The number of nitrogens with one attached hydrogen (secondary N) is 3. The molecule has 8 unspecified atom stereocenters. The van der Waals surface area contributed by atoms with Gasteiger partial charge in [-0.25, -0.2) is 4.79 Å². The highest BCUT2D eigenvalue weighted by Gasteiger charge is 2.42. The predicted octanol–water partition coefficient (Wildman–Crippen LogP) is 4.17. The molecule has 0 aromatic heterocycles. The number of primary amides is 1. The van der Waals surface area contributed by atoms with E-state index >= 15 is 0 Å². The predicted molar refractivity (Wildman–Crippen MR) is 296 cm³/mol. The highest BCUT2D eigenvalue weighted by atomic mass is 16.3. The topological polar surface area (TPSA) is 368 Å². The zero-order valence-electron chi connectivity index (χ0n) is 46.0. The van der Waals surface area contributed by atoms with Gasteiger partial charge in [0.15, 0.2) is 0 Å². The molecule has 6 amide bonds. The number of carbonyl (C=O) groups excluding carboxylic acids is 5. The first-order valence-electron chi connectivity index (χ1n) is 27.1. The lowest BCUT2D eigenvalue weighted by Gasteiger charge is -2.34. The third kappa shape index (κ3) is 29.2. The van der Waals surface area contributed by atoms with E-state index in [1.54, 1.807) is 0 Å². The Bertz CT molecular complexity index is 1790. The second-order valence-electron chi connectivity index (χ2n) is 20.3. The van der Waals surface area contributed by atoms with Crippen LogP contribution in [0.4, 0.5) is 10.5 Å². The average Bonchev–Trinajstić information content (AvgIpc) is 3.78. The summed E-state index contributed by atoms with van der Waals surface area (Å²) in [4.78, 5) is 78.7. The van der Waals surface area contributed by atoms with Gasteiger partial charge in [0.1, 0.15) is 17.8 Å². The number of aliphatic hydroxyl groups is 4. The van der Waals surface area contributed by atoms with Crippen LogP contribution >= 0.6 is 0 Å². The summed E-state index contributed by atoms with van der Waals surface area (Å²) in [6, 6.07) is 1.48. The van der Waals surface area contributed by atoms with Crippen LogP contribution < -0.4 is 44.6 Å². The summed E-state index contributed by atoms with van der Waals surface area (Å²) < 4.78 is 0. The Morgan fingerprint density at radius 2 is 1.49 bits per heavy atom. The van der Waals surface area contributed by atoms with Crippen LogP contribution in [0, 0.1) is 28.6 Å². The number of fused-ring (bicyclic) bond motifs is 1. The summed E-state index contributed by atoms with van der Waals surface area (Å²) in [5.41, 5.74) is 25.8. The fraction of sp³-hybridized carbons (Fsp3) is 0.722. The Balaban J connectivity index is 0.00000181. The van der Waals surface area contributed by atoms with E-state index in [0.29, 0.717) is 44.3 Å². The lowest BCUT2D eigenvalue weighted by Crippen LogP contribution is -2.58. The van der Waals surface area contributed by atoms with E-state index in [4.69, 9.17) is 22.9 Å². The Hall–Kier alpha value is -5.03. The molecule has 2 fully saturated rings. The molecule has 0 bridgehead atoms. The van der Waals surface area contributed by atoms with Crippen molar-refractivity contribution in [3.05, 3.63) is 59.8 Å². The fourth-order valence-electron chi connectivity index (χ4n) is 8.61. The van der Waals surface area contributed by atoms with Crippen molar-refractivity contribution in [3.63, 3.8) is 0 Å². The Kier molecular flexibility index (Phi) is 38.4. The van der Waals surface area contributed by atoms with Crippen molar-refractivity contribution >= 4 is 35.3 Å². The molecular formula is C54H99N11O10. The van der Waals surface area contributed by atoms with Crippen LogP contribution in [-0.4, -0.2) is 136 Å². The number of imide groups is 1. The van der Waals surface area contributed by atoms with Gasteiger partial charge in [-0.15, -0.1) is 4.91 Å². The van der Waals surface area contributed by atoms with E-state index in [-0.39, 0.29) is 75.1 Å². The van der Waals surface area contributed by atoms with E-state index in [1.165, 1.54) is 80.3 Å². The Morgan fingerprint density at radius 3 is 2.04 bits per heavy atom. The summed E-state index contributed by atoms with van der Waals surface area (Å²) in [5, 5.41) is 54.3. The summed E-state index contributed by atoms with van der Waals surface area (Å²) in [6.07, 6.45) is 11.0. The molecule has 3 rings (SSSR count). The molecule has 0 radical (unpaired) electrons. The van der Waals surface area contributed by atoms with Gasteiger partial charge in [0.05, 0.1) is 36.9 Å². The minimum absolute atomic E-state index is 0.00740. The highest BCUT2D eigenvalue weighted by Crippen LogP contribution is 2.27. The molecule has 9 atom stereocenters. The smallest absolute Gasteiger partial charge is 0.324 e. The lowest BCUT2D eigenvalue weighted by molar-refractivity contribution is -0.143. The quantitative estimate of drug-likeness (QED) is 0.0511. The average molecular weight is 1060 g/mol. The third-order valence-corrected chi connectivity index (χ3v) is 13.2. The largest absolute Gasteiger partial charge is 0.405 e. The first-order valence-corrected chi connectivity index (χ1v) is 27.1. The van der Waals surface area contributed by atoms with Gasteiger partial charge in [-0.1, -0.05) is 111 Å². The van der Waals surface area contributed by atoms with Gasteiger partial charge < -0.3 is 69.9 Å². The molecule has 17 N–H and O–H groups in total. The van der Waals surface area contributed by atoms with Crippen LogP contribution in [0.1, 0.15) is 155 Å². The standard InChI is InChI=1S/C34H53N7O9.C16H33NO.C2H8N2.C2H5N/c1-20(2)12-15-40-33(48)30(28(44)11-13-35)37-21(3)26(17-29(45)22-7-9-24(39-50)10-8-22)38-31(46)27-16-25(43)18-41(27)32(47)23(19-42)6-4-5-14-36-34(40)49;1-4-14(2)13-15(3)11-9-7-5-6-8-10-12-16(17)18;3-1-2-4;1-2-3/h7-10,20,23,25-30,37,42-45H,3-6,11-19,35H2,1-2H3,(H,36,49)(H,38,46);14-15H,4-13H2,1-3H3,(H2,17,18);1-4H2;2H,1,3H2/t23?,25?,26?,27?,28?,29-,30?;;;/m1.../s1. The van der Waals surface area contributed by atoms with Crippen LogP contribution in [0.2, 0.25) is 0 Å². The second-order valence-corrected chi connectivity index (χ2v) is 20.3. The van der Waals surface area contributed by atoms with E-state index in [9.17, 15) is 49.3 Å². The van der Waals surface area contributed by atoms with Crippen molar-refractivity contribution in [1.82, 2.24) is 25.8 Å². The van der Waals surface area contributed by atoms with E-state index in [1.807, 2.05) is 13.8 Å². The Morgan fingerprint density at radius 1 is 0.880 bits per heavy atom. The minimum atomic E-state index is -1.42. The maximum absolute atomic E-state index is 14.1. The third-order valence-electron chi connectivity index (χ3n) is 13.2. The number of nitroso groups, excluding NO2 is 1. The molecule has 0 spiro atoms. The van der Waals surface area contributed by atoms with Gasteiger partial charge in [-0.2, -0.15) is 0 Å². The SMILES string of the molecule is C=C1NC(C(O)CCN)C(=O)N(CCC(C)C)C(=O)NCCCCC(CO)C(=O)N2CC(O)CC2C(=O)NC1C[C@@H](O)c1ccc(N=O)cc1.C=CN.CCC(C)CC(C)CCCCCCCCC(N)=O.NCCN. The highest BCUT2D eigenvalue weighted by molar-refractivity contribution is 5.97. The minimum Gasteiger partial charge on any atom is -0.405 e. The van der Waals surface area contributed by atoms with Crippen LogP contribution in [-0.2, 0) is 19.2 Å². The Labute approximate surface area is 447 Å². The molecule has 1 aromatic rings. The zero-order valence-corrected chi connectivity index (χ0v) is 46.0. The molecule has 430 valence electrons. The monoisotopic (exact) mass is 1060 g/mol. The number of benzene rings is 1. The van der Waals surface area contributed by atoms with Crippen molar-refractivity contribution in [3.8, 4) is 0 Å². The number of unbranched alkanes of at least 4 members (excludes halogenated alkanes) is 5. The molecule has 2 aliphatic heterocycles. The fourth-order valence-corrected chi connectivity index (χ4v) is 8.61. The van der Waals surface area contributed by atoms with Gasteiger partial charge in [0, 0.05) is 57.7 Å². The number of nitrogens with zero attached hydrogens (tertiary/aromatic N) is 3. The summed E-state index contributed by atoms with van der Waals surface area (Å²) in [6.45, 7) is 18.9. The van der Waals surface area contributed by atoms with Crippen LogP contribution in [0.3, 0.4) is 0 Å². The molecule has 2 heterocycles. The number of rotatable bonds is 24. The van der Waals surface area contributed by atoms with Gasteiger partial charge in [0.25, 0.3) is 5.91 Å². The number of amides is 6. The van der Waals surface area contributed by atoms with Gasteiger partial charge in [0.2, 0.25) is 17.7 Å². The normalized spacial score (nSPS) is 21.3.